The third kappa shape index (κ3) is 1.85. The van der Waals surface area contributed by atoms with Crippen molar-refractivity contribution in [2.75, 3.05) is 0 Å². The van der Waals surface area contributed by atoms with Crippen LogP contribution < -0.4 is 0 Å². The van der Waals surface area contributed by atoms with Crippen LogP contribution in [0.15, 0.2) is 6.07 Å². The second-order valence-corrected chi connectivity index (χ2v) is 5.53. The number of carboxylic acids is 1. The van der Waals surface area contributed by atoms with Crippen molar-refractivity contribution >= 4 is 11.6 Å². The molecule has 0 aliphatic carbocycles. The number of hydrogen-bond donors (Lipinski definition) is 1. The van der Waals surface area contributed by atoms with E-state index in [1.807, 2.05) is 34.6 Å². The van der Waals surface area contributed by atoms with Crippen LogP contribution in [0.25, 0.3) is 5.65 Å². The maximum atomic E-state index is 11.3. The minimum Gasteiger partial charge on any atom is -0.477 e. The molecule has 0 aliphatic heterocycles. The second kappa shape index (κ2) is 3.80. The number of carbonyl (C=O) groups is 1. The molecule has 0 atom stereocenters. The van der Waals surface area contributed by atoms with Crippen LogP contribution in [0.3, 0.4) is 0 Å². The van der Waals surface area contributed by atoms with Crippen LogP contribution in [0, 0.1) is 13.8 Å². The Morgan fingerprint density at radius 2 is 1.94 bits per heavy atom. The first-order chi connectivity index (χ1) is 8.21. The van der Waals surface area contributed by atoms with E-state index in [9.17, 15) is 9.90 Å². The van der Waals surface area contributed by atoms with Crippen molar-refractivity contribution in [1.29, 1.82) is 0 Å². The highest BCUT2D eigenvalue weighted by Crippen LogP contribution is 2.24. The van der Waals surface area contributed by atoms with Crippen molar-refractivity contribution in [2.45, 2.75) is 40.0 Å². The van der Waals surface area contributed by atoms with Gasteiger partial charge in [-0.05, 0) is 19.9 Å². The molecule has 0 spiro atoms. The first kappa shape index (κ1) is 12.5. The van der Waals surface area contributed by atoms with Crippen molar-refractivity contribution in [1.82, 2.24) is 14.6 Å². The molecule has 96 valence electrons. The standard InChI is InChI=1S/C13H17N3O2/c1-7-8(2)15-16-9(12(17)18)6-10(13(3,4)5)14-11(7)16/h6H,1-5H3,(H,17,18). The lowest BCUT2D eigenvalue weighted by molar-refractivity contribution is 0.0687. The highest BCUT2D eigenvalue weighted by Gasteiger charge is 2.22. The number of aromatic carboxylic acids is 1. The van der Waals surface area contributed by atoms with Crippen LogP contribution in [0.2, 0.25) is 0 Å². The molecule has 18 heavy (non-hydrogen) atoms. The van der Waals surface area contributed by atoms with E-state index in [2.05, 4.69) is 10.1 Å². The van der Waals surface area contributed by atoms with Crippen LogP contribution in [0.5, 0.6) is 0 Å². The van der Waals surface area contributed by atoms with Gasteiger partial charge in [-0.15, -0.1) is 0 Å². The zero-order valence-electron chi connectivity index (χ0n) is 11.3. The predicted octanol–water partition coefficient (Wildman–Crippen LogP) is 2.34. The molecule has 2 aromatic heterocycles. The van der Waals surface area contributed by atoms with E-state index in [0.717, 1.165) is 17.0 Å². The summed E-state index contributed by atoms with van der Waals surface area (Å²) in [6, 6.07) is 1.60. The summed E-state index contributed by atoms with van der Waals surface area (Å²) in [5.41, 5.74) is 3.06. The van der Waals surface area contributed by atoms with E-state index in [1.54, 1.807) is 6.07 Å². The van der Waals surface area contributed by atoms with Gasteiger partial charge in [0.25, 0.3) is 0 Å². The summed E-state index contributed by atoms with van der Waals surface area (Å²) in [5, 5.41) is 13.5. The number of fused-ring (bicyclic) bond motifs is 1. The van der Waals surface area contributed by atoms with Gasteiger partial charge in [-0.1, -0.05) is 20.8 Å². The van der Waals surface area contributed by atoms with Crippen LogP contribution in [-0.2, 0) is 5.41 Å². The van der Waals surface area contributed by atoms with Gasteiger partial charge in [-0.2, -0.15) is 5.10 Å². The molecule has 0 amide bonds. The number of carboxylic acid groups (broad SMARTS) is 1. The van der Waals surface area contributed by atoms with Gasteiger partial charge in [0.2, 0.25) is 0 Å². The van der Waals surface area contributed by atoms with E-state index in [1.165, 1.54) is 4.52 Å². The maximum Gasteiger partial charge on any atom is 0.354 e. The zero-order chi connectivity index (χ0) is 13.7. The Morgan fingerprint density at radius 1 is 1.33 bits per heavy atom. The maximum absolute atomic E-state index is 11.3. The fraction of sp³-hybridized carbons (Fsp3) is 0.462. The van der Waals surface area contributed by atoms with E-state index in [0.29, 0.717) is 5.65 Å². The number of aryl methyl sites for hydroxylation is 2. The van der Waals surface area contributed by atoms with Gasteiger partial charge in [-0.25, -0.2) is 14.3 Å². The minimum atomic E-state index is -0.990. The highest BCUT2D eigenvalue weighted by atomic mass is 16.4. The molecule has 0 aliphatic rings. The largest absolute Gasteiger partial charge is 0.477 e. The van der Waals surface area contributed by atoms with Gasteiger partial charge in [0.15, 0.2) is 11.3 Å². The van der Waals surface area contributed by atoms with Crippen LogP contribution >= 0.6 is 0 Å². The highest BCUT2D eigenvalue weighted by molar-refractivity contribution is 5.86. The lowest BCUT2D eigenvalue weighted by Gasteiger charge is -2.18. The van der Waals surface area contributed by atoms with E-state index < -0.39 is 5.97 Å². The molecule has 2 aromatic rings. The zero-order valence-corrected chi connectivity index (χ0v) is 11.3. The van der Waals surface area contributed by atoms with Crippen molar-refractivity contribution in [3.8, 4) is 0 Å². The lowest BCUT2D eigenvalue weighted by atomic mass is 9.91. The van der Waals surface area contributed by atoms with Crippen molar-refractivity contribution < 1.29 is 9.90 Å². The van der Waals surface area contributed by atoms with Crippen LogP contribution in [-0.4, -0.2) is 25.7 Å². The summed E-state index contributed by atoms with van der Waals surface area (Å²) in [4.78, 5) is 15.9. The van der Waals surface area contributed by atoms with Gasteiger partial charge < -0.3 is 5.11 Å². The van der Waals surface area contributed by atoms with Gasteiger partial charge in [0, 0.05) is 11.0 Å². The summed E-state index contributed by atoms with van der Waals surface area (Å²) >= 11 is 0. The Bertz CT molecular complexity index is 636. The Labute approximate surface area is 105 Å². The fourth-order valence-electron chi connectivity index (χ4n) is 1.77. The number of nitrogens with zero attached hydrogens (tertiary/aromatic N) is 3. The minimum absolute atomic E-state index is 0.154. The molecule has 2 rings (SSSR count). The van der Waals surface area contributed by atoms with Crippen molar-refractivity contribution in [3.05, 3.63) is 28.7 Å². The smallest absolute Gasteiger partial charge is 0.354 e. The van der Waals surface area contributed by atoms with E-state index in [4.69, 9.17) is 0 Å². The second-order valence-electron chi connectivity index (χ2n) is 5.53. The summed E-state index contributed by atoms with van der Waals surface area (Å²) in [5.74, 6) is -0.990. The number of aromatic nitrogens is 3. The average Bonchev–Trinajstić information content (AvgIpc) is 2.52. The molecule has 2 heterocycles. The summed E-state index contributed by atoms with van der Waals surface area (Å²) in [6.45, 7) is 9.79. The molecule has 0 aromatic carbocycles. The third-order valence-electron chi connectivity index (χ3n) is 3.04. The Hall–Kier alpha value is -1.91. The Morgan fingerprint density at radius 3 is 2.44 bits per heavy atom. The van der Waals surface area contributed by atoms with Gasteiger partial charge in [0.1, 0.15) is 0 Å². The van der Waals surface area contributed by atoms with E-state index in [-0.39, 0.29) is 11.1 Å². The summed E-state index contributed by atoms with van der Waals surface area (Å²) in [7, 11) is 0. The van der Waals surface area contributed by atoms with Crippen LogP contribution in [0.4, 0.5) is 0 Å². The number of hydrogen-bond acceptors (Lipinski definition) is 3. The Balaban J connectivity index is 2.88. The molecule has 0 unspecified atom stereocenters. The van der Waals surface area contributed by atoms with Crippen molar-refractivity contribution in [3.63, 3.8) is 0 Å². The molecule has 0 bridgehead atoms. The van der Waals surface area contributed by atoms with Crippen molar-refractivity contribution in [2.24, 2.45) is 0 Å². The molecule has 0 fully saturated rings. The van der Waals surface area contributed by atoms with Gasteiger partial charge in [0.05, 0.1) is 11.4 Å². The Kier molecular flexibility index (Phi) is 2.65. The topological polar surface area (TPSA) is 67.5 Å². The molecular weight excluding hydrogens is 230 g/mol. The number of rotatable bonds is 1. The average molecular weight is 247 g/mol. The normalized spacial score (nSPS) is 12.1. The van der Waals surface area contributed by atoms with Crippen LogP contribution in [0.1, 0.15) is 48.2 Å². The first-order valence-electron chi connectivity index (χ1n) is 5.82. The molecule has 0 saturated carbocycles. The molecular formula is C13H17N3O2. The van der Waals surface area contributed by atoms with E-state index >= 15 is 0 Å². The monoisotopic (exact) mass is 247 g/mol. The summed E-state index contributed by atoms with van der Waals surface area (Å²) in [6.07, 6.45) is 0. The van der Waals surface area contributed by atoms with Gasteiger partial charge in [-0.3, -0.25) is 0 Å². The molecule has 0 saturated heterocycles. The third-order valence-corrected chi connectivity index (χ3v) is 3.04. The quantitative estimate of drug-likeness (QED) is 0.839. The predicted molar refractivity (Wildman–Crippen MR) is 68.1 cm³/mol. The molecule has 5 heteroatoms. The molecule has 5 nitrogen and oxygen atoms in total. The molecule has 1 N–H and O–H groups in total. The summed E-state index contributed by atoms with van der Waals surface area (Å²) < 4.78 is 1.40. The lowest BCUT2D eigenvalue weighted by Crippen LogP contribution is -2.18. The van der Waals surface area contributed by atoms with Gasteiger partial charge >= 0.3 is 5.97 Å². The fourth-order valence-corrected chi connectivity index (χ4v) is 1.77. The molecule has 0 radical (unpaired) electrons. The first-order valence-corrected chi connectivity index (χ1v) is 5.82. The SMILES string of the molecule is Cc1nn2c(C(=O)O)cc(C(C)(C)C)nc2c1C.